The average molecular weight is 368 g/mol. The summed E-state index contributed by atoms with van der Waals surface area (Å²) >= 11 is 0. The number of hydrogen-bond acceptors (Lipinski definition) is 4. The number of nitrogens with one attached hydrogen (secondary N) is 2. The van der Waals surface area contributed by atoms with Crippen LogP contribution in [0.1, 0.15) is 48.4 Å². The Morgan fingerprint density at radius 3 is 2.04 bits per heavy atom. The molecule has 6 nitrogen and oxygen atoms in total. The van der Waals surface area contributed by atoms with Crippen molar-refractivity contribution in [3.63, 3.8) is 0 Å². The molecule has 0 aliphatic heterocycles. The van der Waals surface area contributed by atoms with Crippen LogP contribution >= 0.6 is 0 Å². The predicted octanol–water partition coefficient (Wildman–Crippen LogP) is 3.34. The van der Waals surface area contributed by atoms with E-state index in [2.05, 4.69) is 31.4 Å². The fourth-order valence-corrected chi connectivity index (χ4v) is 2.42. The number of imide groups is 1. The second kappa shape index (κ2) is 8.49. The van der Waals surface area contributed by atoms with E-state index < -0.39 is 24.0 Å². The molecule has 0 bridgehead atoms. The number of hydrogen-bond donors (Lipinski definition) is 2. The minimum absolute atomic E-state index is 0.0393. The number of amides is 3. The lowest BCUT2D eigenvalue weighted by atomic mass is 9.87. The standard InChI is InChI=1S/C21H24N2O4/c1-21(2,3)16-12-10-15(11-13-16)19(25)27-17(14-8-6-5-7-9-14)18(24)23-20(26)22-4/h5-13,17H,1-4H3,(H2,22,23,24,26)/t17-/m1/s1. The molecule has 2 aromatic carbocycles. The lowest BCUT2D eigenvalue weighted by molar-refractivity contribution is -0.129. The van der Waals surface area contributed by atoms with E-state index in [0.717, 1.165) is 5.56 Å². The van der Waals surface area contributed by atoms with E-state index in [1.165, 1.54) is 7.05 Å². The Hall–Kier alpha value is -3.15. The van der Waals surface area contributed by atoms with Gasteiger partial charge in [-0.15, -0.1) is 0 Å². The predicted molar refractivity (Wildman–Crippen MR) is 102 cm³/mol. The first-order valence-electron chi connectivity index (χ1n) is 8.61. The van der Waals surface area contributed by atoms with Gasteiger partial charge in [-0.2, -0.15) is 0 Å². The first-order valence-corrected chi connectivity index (χ1v) is 8.61. The summed E-state index contributed by atoms with van der Waals surface area (Å²) in [6.07, 6.45) is -1.24. The van der Waals surface area contributed by atoms with Gasteiger partial charge in [-0.25, -0.2) is 9.59 Å². The van der Waals surface area contributed by atoms with Gasteiger partial charge in [-0.05, 0) is 23.1 Å². The van der Waals surface area contributed by atoms with E-state index >= 15 is 0 Å². The summed E-state index contributed by atoms with van der Waals surface area (Å²) in [6.45, 7) is 6.23. The Kier molecular flexibility index (Phi) is 6.34. The number of benzene rings is 2. The molecule has 2 aromatic rings. The molecule has 0 fully saturated rings. The van der Waals surface area contributed by atoms with Crippen LogP contribution in [-0.2, 0) is 14.9 Å². The van der Waals surface area contributed by atoms with Crippen molar-refractivity contribution in [3.8, 4) is 0 Å². The maximum atomic E-state index is 12.5. The summed E-state index contributed by atoms with van der Waals surface area (Å²) in [5.74, 6) is -1.36. The molecule has 0 unspecified atom stereocenters. The SMILES string of the molecule is CNC(=O)NC(=O)[C@H](OC(=O)c1ccc(C(C)(C)C)cc1)c1ccccc1. The molecule has 0 heterocycles. The molecular formula is C21H24N2O4. The normalized spacial score (nSPS) is 12.0. The van der Waals surface area contributed by atoms with E-state index in [1.54, 1.807) is 42.5 Å². The zero-order valence-electron chi connectivity index (χ0n) is 15.9. The molecule has 27 heavy (non-hydrogen) atoms. The van der Waals surface area contributed by atoms with Crippen molar-refractivity contribution in [2.45, 2.75) is 32.3 Å². The maximum Gasteiger partial charge on any atom is 0.339 e. The van der Waals surface area contributed by atoms with Crippen molar-refractivity contribution in [1.29, 1.82) is 0 Å². The minimum atomic E-state index is -1.24. The Balaban J connectivity index is 2.23. The molecule has 2 rings (SSSR count). The summed E-state index contributed by atoms with van der Waals surface area (Å²) in [5.41, 5.74) is 1.84. The summed E-state index contributed by atoms with van der Waals surface area (Å²) in [7, 11) is 1.39. The molecule has 1 atom stereocenters. The van der Waals surface area contributed by atoms with Gasteiger partial charge in [-0.1, -0.05) is 63.2 Å². The van der Waals surface area contributed by atoms with Gasteiger partial charge in [0.25, 0.3) is 5.91 Å². The first-order chi connectivity index (χ1) is 12.7. The molecule has 142 valence electrons. The van der Waals surface area contributed by atoms with Crippen molar-refractivity contribution in [3.05, 3.63) is 71.3 Å². The molecule has 3 amide bonds. The van der Waals surface area contributed by atoms with Crippen LogP contribution in [0, 0.1) is 0 Å². The van der Waals surface area contributed by atoms with Crippen molar-refractivity contribution in [2.75, 3.05) is 7.05 Å². The minimum Gasteiger partial charge on any atom is -0.444 e. The monoisotopic (exact) mass is 368 g/mol. The number of carbonyl (C=O) groups excluding carboxylic acids is 3. The van der Waals surface area contributed by atoms with E-state index in [9.17, 15) is 14.4 Å². The van der Waals surface area contributed by atoms with Crippen LogP contribution in [-0.4, -0.2) is 25.0 Å². The third-order valence-corrected chi connectivity index (χ3v) is 4.02. The van der Waals surface area contributed by atoms with Crippen LogP contribution in [0.3, 0.4) is 0 Å². The summed E-state index contributed by atoms with van der Waals surface area (Å²) in [5, 5.41) is 4.44. The Labute approximate surface area is 158 Å². The lowest BCUT2D eigenvalue weighted by Gasteiger charge is -2.20. The van der Waals surface area contributed by atoms with E-state index in [1.807, 2.05) is 12.1 Å². The van der Waals surface area contributed by atoms with E-state index in [-0.39, 0.29) is 5.41 Å². The number of carbonyl (C=O) groups is 3. The molecule has 0 saturated carbocycles. The number of rotatable bonds is 4. The second-order valence-electron chi connectivity index (χ2n) is 7.09. The molecule has 0 radical (unpaired) electrons. The van der Waals surface area contributed by atoms with Gasteiger partial charge < -0.3 is 10.1 Å². The van der Waals surface area contributed by atoms with Crippen molar-refractivity contribution < 1.29 is 19.1 Å². The Morgan fingerprint density at radius 1 is 0.926 bits per heavy atom. The fraction of sp³-hybridized carbons (Fsp3) is 0.286. The number of ether oxygens (including phenoxy) is 1. The first kappa shape index (κ1) is 20.2. The van der Waals surface area contributed by atoms with Crippen LogP contribution in [0.2, 0.25) is 0 Å². The highest BCUT2D eigenvalue weighted by Crippen LogP contribution is 2.24. The van der Waals surface area contributed by atoms with Gasteiger partial charge in [0.15, 0.2) is 0 Å². The number of urea groups is 1. The van der Waals surface area contributed by atoms with Crippen LogP contribution in [0.4, 0.5) is 4.79 Å². The van der Waals surface area contributed by atoms with E-state index in [4.69, 9.17) is 4.74 Å². The van der Waals surface area contributed by atoms with Crippen LogP contribution in [0.25, 0.3) is 0 Å². The fourth-order valence-electron chi connectivity index (χ4n) is 2.42. The quantitative estimate of drug-likeness (QED) is 0.811. The maximum absolute atomic E-state index is 12.5. The number of esters is 1. The highest BCUT2D eigenvalue weighted by atomic mass is 16.5. The van der Waals surface area contributed by atoms with Gasteiger partial charge >= 0.3 is 12.0 Å². The Bertz CT molecular complexity index is 808. The van der Waals surface area contributed by atoms with Gasteiger partial charge in [0.1, 0.15) is 0 Å². The molecule has 6 heteroatoms. The smallest absolute Gasteiger partial charge is 0.339 e. The van der Waals surface area contributed by atoms with Gasteiger partial charge in [0.05, 0.1) is 5.56 Å². The molecule has 0 aliphatic rings. The van der Waals surface area contributed by atoms with Crippen molar-refractivity contribution >= 4 is 17.9 Å². The molecule has 0 spiro atoms. The van der Waals surface area contributed by atoms with Gasteiger partial charge in [-0.3, -0.25) is 10.1 Å². The van der Waals surface area contributed by atoms with Crippen LogP contribution in [0.5, 0.6) is 0 Å². The van der Waals surface area contributed by atoms with Gasteiger partial charge in [0.2, 0.25) is 6.10 Å². The largest absolute Gasteiger partial charge is 0.444 e. The summed E-state index contributed by atoms with van der Waals surface area (Å²) < 4.78 is 5.42. The zero-order valence-corrected chi connectivity index (χ0v) is 15.9. The highest BCUT2D eigenvalue weighted by molar-refractivity contribution is 5.99. The Morgan fingerprint density at radius 2 is 1.52 bits per heavy atom. The van der Waals surface area contributed by atoms with Crippen molar-refractivity contribution in [2.24, 2.45) is 0 Å². The second-order valence-corrected chi connectivity index (χ2v) is 7.09. The summed E-state index contributed by atoms with van der Waals surface area (Å²) in [4.78, 5) is 36.4. The third kappa shape index (κ3) is 5.41. The molecule has 0 aliphatic carbocycles. The molecule has 0 aromatic heterocycles. The van der Waals surface area contributed by atoms with E-state index in [0.29, 0.717) is 11.1 Å². The van der Waals surface area contributed by atoms with Crippen molar-refractivity contribution in [1.82, 2.24) is 10.6 Å². The molecule has 0 saturated heterocycles. The summed E-state index contributed by atoms with van der Waals surface area (Å²) in [6, 6.07) is 14.9. The topological polar surface area (TPSA) is 84.5 Å². The third-order valence-electron chi connectivity index (χ3n) is 4.02. The molecular weight excluding hydrogens is 344 g/mol. The highest BCUT2D eigenvalue weighted by Gasteiger charge is 2.27. The average Bonchev–Trinajstić information content (AvgIpc) is 2.65. The molecule has 2 N–H and O–H groups in total. The zero-order chi connectivity index (χ0) is 20.0. The van der Waals surface area contributed by atoms with Crippen LogP contribution < -0.4 is 10.6 Å². The lowest BCUT2D eigenvalue weighted by Crippen LogP contribution is -2.41. The van der Waals surface area contributed by atoms with Crippen LogP contribution in [0.15, 0.2) is 54.6 Å². The van der Waals surface area contributed by atoms with Gasteiger partial charge in [0, 0.05) is 12.6 Å².